The second-order valence-corrected chi connectivity index (χ2v) is 5.71. The molecule has 0 aromatic heterocycles. The monoisotopic (exact) mass is 356 g/mol. The summed E-state index contributed by atoms with van der Waals surface area (Å²) in [5.74, 6) is 1.35. The van der Waals surface area contributed by atoms with Crippen LogP contribution in [0, 0.1) is 0 Å². The molecule has 136 valence electrons. The third kappa shape index (κ3) is 4.05. The average molecular weight is 356 g/mol. The molecule has 26 heavy (non-hydrogen) atoms. The van der Waals surface area contributed by atoms with Crippen LogP contribution in [0.5, 0.6) is 17.2 Å². The first-order valence-electron chi connectivity index (χ1n) is 8.18. The summed E-state index contributed by atoms with van der Waals surface area (Å²) in [6.07, 6.45) is 0. The lowest BCUT2D eigenvalue weighted by atomic mass is 10.2. The molecule has 0 unspecified atom stereocenters. The predicted octanol–water partition coefficient (Wildman–Crippen LogP) is 2.46. The van der Waals surface area contributed by atoms with Crippen LogP contribution in [0.15, 0.2) is 42.5 Å². The zero-order valence-electron chi connectivity index (χ0n) is 14.7. The van der Waals surface area contributed by atoms with Crippen LogP contribution < -0.4 is 24.4 Å². The Morgan fingerprint density at radius 1 is 1.08 bits per heavy atom. The van der Waals surface area contributed by atoms with Crippen molar-refractivity contribution in [3.8, 4) is 17.2 Å². The first-order chi connectivity index (χ1) is 12.6. The summed E-state index contributed by atoms with van der Waals surface area (Å²) in [6.45, 7) is 2.25. The van der Waals surface area contributed by atoms with E-state index in [-0.39, 0.29) is 18.4 Å². The van der Waals surface area contributed by atoms with Gasteiger partial charge in [0.05, 0.1) is 7.11 Å². The van der Waals surface area contributed by atoms with Crippen molar-refractivity contribution >= 4 is 23.2 Å². The molecular weight excluding hydrogens is 336 g/mol. The highest BCUT2D eigenvalue weighted by atomic mass is 16.6. The second kappa shape index (κ2) is 7.77. The molecule has 1 aliphatic rings. The number of nitrogens with zero attached hydrogens (tertiary/aromatic N) is 1. The van der Waals surface area contributed by atoms with E-state index in [9.17, 15) is 9.59 Å². The number of amides is 2. The standard InChI is InChI=1S/C19H20N2O5/c1-13(22)21(15-5-8-17-18(11-15)26-10-9-25-17)12-19(23)20-14-3-6-16(24-2)7-4-14/h3-8,11H,9-10,12H2,1-2H3,(H,20,23). The van der Waals surface area contributed by atoms with E-state index in [1.165, 1.54) is 11.8 Å². The fourth-order valence-electron chi connectivity index (χ4n) is 2.60. The van der Waals surface area contributed by atoms with E-state index >= 15 is 0 Å². The SMILES string of the molecule is COc1ccc(NC(=O)CN(C(C)=O)c2ccc3c(c2)OCCO3)cc1. The largest absolute Gasteiger partial charge is 0.497 e. The van der Waals surface area contributed by atoms with Crippen molar-refractivity contribution in [2.24, 2.45) is 0 Å². The average Bonchev–Trinajstić information content (AvgIpc) is 2.66. The Morgan fingerprint density at radius 2 is 1.77 bits per heavy atom. The van der Waals surface area contributed by atoms with Gasteiger partial charge in [-0.3, -0.25) is 9.59 Å². The van der Waals surface area contributed by atoms with Gasteiger partial charge in [0.2, 0.25) is 11.8 Å². The number of nitrogens with one attached hydrogen (secondary N) is 1. The second-order valence-electron chi connectivity index (χ2n) is 5.71. The molecule has 3 rings (SSSR count). The predicted molar refractivity (Wildman–Crippen MR) is 97.1 cm³/mol. The molecule has 2 aromatic carbocycles. The zero-order valence-corrected chi connectivity index (χ0v) is 14.7. The molecule has 1 heterocycles. The van der Waals surface area contributed by atoms with Gasteiger partial charge >= 0.3 is 0 Å². The Labute approximate surface area is 151 Å². The van der Waals surface area contributed by atoms with Gasteiger partial charge in [-0.1, -0.05) is 0 Å². The lowest BCUT2D eigenvalue weighted by molar-refractivity contribution is -0.120. The first-order valence-corrected chi connectivity index (χ1v) is 8.18. The molecule has 0 aliphatic carbocycles. The molecule has 7 heteroatoms. The molecule has 1 N–H and O–H groups in total. The molecule has 2 amide bonds. The maximum atomic E-state index is 12.4. The topological polar surface area (TPSA) is 77.1 Å². The van der Waals surface area contributed by atoms with E-state index in [0.29, 0.717) is 41.8 Å². The number of ether oxygens (including phenoxy) is 3. The lowest BCUT2D eigenvalue weighted by Crippen LogP contribution is -2.36. The van der Waals surface area contributed by atoms with Crippen LogP contribution in [-0.2, 0) is 9.59 Å². The molecule has 0 radical (unpaired) electrons. The number of methoxy groups -OCH3 is 1. The molecule has 0 saturated carbocycles. The third-order valence-electron chi connectivity index (χ3n) is 3.89. The minimum atomic E-state index is -0.305. The number of hydrogen-bond donors (Lipinski definition) is 1. The number of carbonyl (C=O) groups is 2. The molecule has 0 bridgehead atoms. The van der Waals surface area contributed by atoms with Crippen LogP contribution in [0.2, 0.25) is 0 Å². The number of rotatable bonds is 5. The first kappa shape index (κ1) is 17.6. The quantitative estimate of drug-likeness (QED) is 0.890. The summed E-state index contributed by atoms with van der Waals surface area (Å²) in [7, 11) is 1.58. The van der Waals surface area contributed by atoms with Crippen LogP contribution in [0.25, 0.3) is 0 Å². The fraction of sp³-hybridized carbons (Fsp3) is 0.263. The molecule has 0 atom stereocenters. The third-order valence-corrected chi connectivity index (χ3v) is 3.89. The molecule has 2 aromatic rings. The Morgan fingerprint density at radius 3 is 2.42 bits per heavy atom. The van der Waals surface area contributed by atoms with Crippen LogP contribution in [0.4, 0.5) is 11.4 Å². The molecular formula is C19H20N2O5. The van der Waals surface area contributed by atoms with E-state index in [1.807, 2.05) is 0 Å². The van der Waals surface area contributed by atoms with Crippen LogP contribution in [-0.4, -0.2) is 38.7 Å². The van der Waals surface area contributed by atoms with Gasteiger partial charge in [0.25, 0.3) is 0 Å². The number of carbonyl (C=O) groups excluding carboxylic acids is 2. The summed E-state index contributed by atoms with van der Waals surface area (Å²) >= 11 is 0. The van der Waals surface area contributed by atoms with E-state index in [4.69, 9.17) is 14.2 Å². The maximum absolute atomic E-state index is 12.4. The van der Waals surface area contributed by atoms with E-state index < -0.39 is 0 Å². The highest BCUT2D eigenvalue weighted by Gasteiger charge is 2.19. The summed E-state index contributed by atoms with van der Waals surface area (Å²) in [5.41, 5.74) is 1.20. The smallest absolute Gasteiger partial charge is 0.244 e. The highest BCUT2D eigenvalue weighted by molar-refractivity contribution is 6.02. The van der Waals surface area contributed by atoms with Crippen molar-refractivity contribution in [1.29, 1.82) is 0 Å². The van der Waals surface area contributed by atoms with Gasteiger partial charge < -0.3 is 24.4 Å². The molecule has 0 spiro atoms. The Kier molecular flexibility index (Phi) is 5.26. The van der Waals surface area contributed by atoms with Crippen molar-refractivity contribution < 1.29 is 23.8 Å². The minimum Gasteiger partial charge on any atom is -0.497 e. The summed E-state index contributed by atoms with van der Waals surface area (Å²) in [4.78, 5) is 25.8. The Balaban J connectivity index is 1.71. The van der Waals surface area contributed by atoms with Gasteiger partial charge in [-0.25, -0.2) is 0 Å². The van der Waals surface area contributed by atoms with Crippen LogP contribution in [0.1, 0.15) is 6.92 Å². The summed E-state index contributed by atoms with van der Waals surface area (Å²) in [5, 5.41) is 2.77. The van der Waals surface area contributed by atoms with Crippen molar-refractivity contribution in [2.45, 2.75) is 6.92 Å². The van der Waals surface area contributed by atoms with Crippen molar-refractivity contribution in [3.63, 3.8) is 0 Å². The van der Waals surface area contributed by atoms with E-state index in [0.717, 1.165) is 0 Å². The number of hydrogen-bond acceptors (Lipinski definition) is 5. The molecule has 1 aliphatic heterocycles. The number of fused-ring (bicyclic) bond motifs is 1. The van der Waals surface area contributed by atoms with E-state index in [1.54, 1.807) is 49.6 Å². The van der Waals surface area contributed by atoms with Crippen molar-refractivity contribution in [1.82, 2.24) is 0 Å². The van der Waals surface area contributed by atoms with Crippen molar-refractivity contribution in [2.75, 3.05) is 37.1 Å². The fourth-order valence-corrected chi connectivity index (χ4v) is 2.60. The van der Waals surface area contributed by atoms with E-state index in [2.05, 4.69) is 5.32 Å². The number of benzene rings is 2. The lowest BCUT2D eigenvalue weighted by Gasteiger charge is -2.24. The normalized spacial score (nSPS) is 12.2. The summed E-state index contributed by atoms with van der Waals surface area (Å²) < 4.78 is 16.1. The van der Waals surface area contributed by atoms with Crippen molar-refractivity contribution in [3.05, 3.63) is 42.5 Å². The Hall–Kier alpha value is -3.22. The Bertz CT molecular complexity index is 804. The zero-order chi connectivity index (χ0) is 18.5. The van der Waals surface area contributed by atoms with Gasteiger partial charge in [0.1, 0.15) is 25.5 Å². The van der Waals surface area contributed by atoms with Gasteiger partial charge in [0, 0.05) is 24.4 Å². The molecule has 0 fully saturated rings. The van der Waals surface area contributed by atoms with Crippen LogP contribution >= 0.6 is 0 Å². The van der Waals surface area contributed by atoms with Crippen LogP contribution in [0.3, 0.4) is 0 Å². The summed E-state index contributed by atoms with van der Waals surface area (Å²) in [6, 6.07) is 12.1. The maximum Gasteiger partial charge on any atom is 0.244 e. The molecule has 7 nitrogen and oxygen atoms in total. The van der Waals surface area contributed by atoms with Gasteiger partial charge in [0.15, 0.2) is 11.5 Å². The van der Waals surface area contributed by atoms with Gasteiger partial charge in [-0.15, -0.1) is 0 Å². The minimum absolute atomic E-state index is 0.110. The number of anilines is 2. The van der Waals surface area contributed by atoms with Gasteiger partial charge in [-0.05, 0) is 36.4 Å². The molecule has 0 saturated heterocycles. The highest BCUT2D eigenvalue weighted by Crippen LogP contribution is 2.34. The van der Waals surface area contributed by atoms with Gasteiger partial charge in [-0.2, -0.15) is 0 Å².